The first-order valence-corrected chi connectivity index (χ1v) is 6.22. The summed E-state index contributed by atoms with van der Waals surface area (Å²) >= 11 is 0. The van der Waals surface area contributed by atoms with Gasteiger partial charge in [-0.15, -0.1) is 0 Å². The second kappa shape index (κ2) is 8.08. The third-order valence-electron chi connectivity index (χ3n) is 2.34. The van der Waals surface area contributed by atoms with Crippen LogP contribution in [0.15, 0.2) is 0 Å². The van der Waals surface area contributed by atoms with Crippen molar-refractivity contribution in [3.63, 3.8) is 0 Å². The quantitative estimate of drug-likeness (QED) is 0.341. The van der Waals surface area contributed by atoms with Crippen LogP contribution in [-0.4, -0.2) is 50.1 Å². The van der Waals surface area contributed by atoms with Crippen LogP contribution < -0.4 is 5.11 Å². The first-order valence-electron chi connectivity index (χ1n) is 7.72. The normalized spacial score (nSPS) is 16.3. The third kappa shape index (κ3) is 10.1. The molecule has 0 rings (SSSR count). The van der Waals surface area contributed by atoms with Crippen molar-refractivity contribution in [2.24, 2.45) is 0 Å². The molecule has 0 aliphatic heterocycles. The number of rotatable bonds is 9. The minimum atomic E-state index is -2.32. The van der Waals surface area contributed by atoms with Crippen molar-refractivity contribution in [1.29, 1.82) is 0 Å². The molecular formula is C13H25NO4. The number of nitrogens with zero attached hydrogens (tertiary/aromatic N) is 1. The number of ether oxygens (including phenoxy) is 1. The van der Waals surface area contributed by atoms with E-state index >= 15 is 0 Å². The molecule has 18 heavy (non-hydrogen) atoms. The molecule has 0 unspecified atom stereocenters. The van der Waals surface area contributed by atoms with Gasteiger partial charge in [0.05, 0.1) is 25.2 Å². The van der Waals surface area contributed by atoms with Gasteiger partial charge < -0.3 is 19.1 Å². The molecule has 0 aromatic carbocycles. The zero-order valence-corrected chi connectivity index (χ0v) is 11.4. The average Bonchev–Trinajstić information content (AvgIpc) is 2.25. The average molecular weight is 262 g/mol. The van der Waals surface area contributed by atoms with Crippen LogP contribution in [0.25, 0.3) is 0 Å². The zero-order chi connectivity index (χ0) is 16.7. The van der Waals surface area contributed by atoms with Crippen LogP contribution in [0.4, 0.5) is 0 Å². The molecule has 0 saturated heterocycles. The summed E-state index contributed by atoms with van der Waals surface area (Å²) in [6.07, 6.45) is 1.22. The van der Waals surface area contributed by atoms with Crippen LogP contribution in [0, 0.1) is 0 Å². The van der Waals surface area contributed by atoms with Crippen LogP contribution in [0.2, 0.25) is 0 Å². The van der Waals surface area contributed by atoms with Crippen molar-refractivity contribution >= 4 is 11.9 Å². The van der Waals surface area contributed by atoms with E-state index in [-0.39, 0.29) is 13.0 Å². The lowest BCUT2D eigenvalue weighted by Gasteiger charge is -2.29. The van der Waals surface area contributed by atoms with Crippen molar-refractivity contribution in [3.05, 3.63) is 0 Å². The van der Waals surface area contributed by atoms with Crippen molar-refractivity contribution in [2.75, 3.05) is 27.6 Å². The van der Waals surface area contributed by atoms with Crippen molar-refractivity contribution in [1.82, 2.24) is 0 Å². The Hall–Kier alpha value is -1.10. The van der Waals surface area contributed by atoms with Crippen LogP contribution in [0.5, 0.6) is 0 Å². The second-order valence-corrected chi connectivity index (χ2v) is 5.01. The molecule has 0 aliphatic carbocycles. The van der Waals surface area contributed by atoms with E-state index in [9.17, 15) is 14.7 Å². The molecule has 0 aromatic heterocycles. The first-order chi connectivity index (χ1) is 9.49. The molecular weight excluding hydrogens is 234 g/mol. The highest BCUT2D eigenvalue weighted by atomic mass is 16.5. The highest BCUT2D eigenvalue weighted by Crippen LogP contribution is 2.08. The number of carboxylic acids is 1. The molecule has 1 atom stereocenters. The van der Waals surface area contributed by atoms with E-state index in [2.05, 4.69) is 0 Å². The Morgan fingerprint density at radius 2 is 2.06 bits per heavy atom. The molecule has 0 spiro atoms. The van der Waals surface area contributed by atoms with Gasteiger partial charge >= 0.3 is 5.97 Å². The number of unbranched alkanes of at least 4 members (excludes halogenated alkanes) is 2. The summed E-state index contributed by atoms with van der Waals surface area (Å²) in [4.78, 5) is 22.4. The highest BCUT2D eigenvalue weighted by Gasteiger charge is 2.22. The molecule has 5 heteroatoms. The summed E-state index contributed by atoms with van der Waals surface area (Å²) < 4.78 is 27.0. The Morgan fingerprint density at radius 1 is 1.39 bits per heavy atom. The smallest absolute Gasteiger partial charge is 0.306 e. The van der Waals surface area contributed by atoms with Gasteiger partial charge in [0.25, 0.3) is 0 Å². The van der Waals surface area contributed by atoms with Crippen LogP contribution >= 0.6 is 0 Å². The van der Waals surface area contributed by atoms with Crippen LogP contribution in [0.3, 0.4) is 0 Å². The van der Waals surface area contributed by atoms with Gasteiger partial charge in [0, 0.05) is 18.8 Å². The van der Waals surface area contributed by atoms with Gasteiger partial charge in [0.2, 0.25) is 0 Å². The van der Waals surface area contributed by atoms with Gasteiger partial charge in [-0.05, 0) is 6.42 Å². The summed E-state index contributed by atoms with van der Waals surface area (Å²) in [5.74, 6) is -1.87. The molecule has 5 nitrogen and oxygen atoms in total. The molecule has 0 fully saturated rings. The highest BCUT2D eigenvalue weighted by molar-refractivity contribution is 5.70. The lowest BCUT2D eigenvalue weighted by Crippen LogP contribution is -2.45. The minimum Gasteiger partial charge on any atom is -0.550 e. The summed E-state index contributed by atoms with van der Waals surface area (Å²) in [7, 11) is 2.89. The number of carboxylic acid groups (broad SMARTS) is 1. The lowest BCUT2D eigenvalue weighted by molar-refractivity contribution is -0.873. The molecule has 0 amide bonds. The lowest BCUT2D eigenvalue weighted by atomic mass is 10.2. The maximum absolute atomic E-state index is 11.7. The number of carbonyl (C=O) groups excluding carboxylic acids is 2. The minimum absolute atomic E-state index is 0.107. The Morgan fingerprint density at radius 3 is 2.56 bits per heavy atom. The van der Waals surface area contributed by atoms with Gasteiger partial charge in [0.1, 0.15) is 6.54 Å². The Balaban J connectivity index is 4.66. The van der Waals surface area contributed by atoms with E-state index in [0.717, 1.165) is 12.8 Å². The number of quaternary nitrogens is 1. The van der Waals surface area contributed by atoms with E-state index in [1.54, 1.807) is 0 Å². The fourth-order valence-electron chi connectivity index (χ4n) is 1.60. The molecule has 0 radical (unpaired) electrons. The Labute approximate surface area is 114 Å². The molecule has 0 saturated carbocycles. The number of aliphatic carboxylic acids is 1. The first kappa shape index (κ1) is 12.0. The largest absolute Gasteiger partial charge is 0.550 e. The zero-order valence-electron chi connectivity index (χ0n) is 14.4. The molecule has 0 N–H and O–H groups in total. The number of esters is 1. The van der Waals surface area contributed by atoms with E-state index in [0.29, 0.717) is 6.42 Å². The van der Waals surface area contributed by atoms with Crippen molar-refractivity contribution < 1.29 is 28.0 Å². The van der Waals surface area contributed by atoms with Gasteiger partial charge in [-0.25, -0.2) is 0 Å². The predicted octanol–water partition coefficient (Wildman–Crippen LogP) is 0.325. The Bertz CT molecular complexity index is 356. The maximum atomic E-state index is 11.7. The summed E-state index contributed by atoms with van der Waals surface area (Å²) in [6, 6.07) is 0. The van der Waals surface area contributed by atoms with Crippen LogP contribution in [0.1, 0.15) is 43.1 Å². The standard InChI is InChI=1S/C13H25NO4/c1-5-6-7-8-13(17)18-11(9-12(15)16)10-14(2,3)4/h11H,5-10H2,1-4H3/t11-/m1/s1/i2D3. The molecule has 106 valence electrons. The summed E-state index contributed by atoms with van der Waals surface area (Å²) in [5.41, 5.74) is 0. The molecule has 0 aromatic rings. The molecule has 0 heterocycles. The van der Waals surface area contributed by atoms with Crippen LogP contribution in [-0.2, 0) is 14.3 Å². The monoisotopic (exact) mass is 262 g/mol. The van der Waals surface area contributed by atoms with Gasteiger partial charge in [0.15, 0.2) is 6.10 Å². The molecule has 0 aliphatic rings. The topological polar surface area (TPSA) is 66.4 Å². The maximum Gasteiger partial charge on any atom is 0.306 e. The summed E-state index contributed by atoms with van der Waals surface area (Å²) in [5, 5.41) is 10.7. The fraction of sp³-hybridized carbons (Fsp3) is 0.846. The second-order valence-electron chi connectivity index (χ2n) is 5.01. The van der Waals surface area contributed by atoms with Crippen molar-refractivity contribution in [2.45, 2.75) is 45.1 Å². The van der Waals surface area contributed by atoms with E-state index in [1.165, 1.54) is 14.1 Å². The SMILES string of the molecule is [2H]C([2H])([2H])[N+](C)(C)C[C@@H](CC(=O)[O-])OC(=O)CCCCC. The van der Waals surface area contributed by atoms with Gasteiger partial charge in [-0.1, -0.05) is 19.8 Å². The third-order valence-corrected chi connectivity index (χ3v) is 2.34. The van der Waals surface area contributed by atoms with Gasteiger partial charge in [-0.2, -0.15) is 0 Å². The van der Waals surface area contributed by atoms with Gasteiger partial charge in [-0.3, -0.25) is 4.79 Å². The van der Waals surface area contributed by atoms with Crippen molar-refractivity contribution in [3.8, 4) is 0 Å². The fourth-order valence-corrected chi connectivity index (χ4v) is 1.60. The number of carbonyl (C=O) groups is 2. The number of hydrogen-bond acceptors (Lipinski definition) is 4. The number of hydrogen-bond donors (Lipinski definition) is 0. The Kier molecular flexibility index (Phi) is 5.37. The van der Waals surface area contributed by atoms with E-state index in [1.807, 2.05) is 6.92 Å². The predicted molar refractivity (Wildman–Crippen MR) is 66.5 cm³/mol. The summed E-state index contributed by atoms with van der Waals surface area (Å²) in [6.45, 7) is -0.427. The van der Waals surface area contributed by atoms with E-state index in [4.69, 9.17) is 8.85 Å². The number of likely N-dealkylation sites (N-methyl/N-ethyl adjacent to an activating group) is 1. The van der Waals surface area contributed by atoms with E-state index < -0.39 is 35.9 Å². The molecule has 0 bridgehead atoms.